The van der Waals surface area contributed by atoms with Gasteiger partial charge in [0.15, 0.2) is 12.6 Å². The molecule has 0 bridgehead atoms. The summed E-state index contributed by atoms with van der Waals surface area (Å²) in [6.07, 6.45) is 14.2. The van der Waals surface area contributed by atoms with Crippen LogP contribution in [-0.2, 0) is 28.5 Å². The number of esters is 1. The minimum Gasteiger partial charge on any atom is -0.469 e. The molecule has 0 aromatic carbocycles. The van der Waals surface area contributed by atoms with Crippen LogP contribution in [0, 0.1) is 23.2 Å². The summed E-state index contributed by atoms with van der Waals surface area (Å²) in [6.45, 7) is 9.08. The summed E-state index contributed by atoms with van der Waals surface area (Å²) in [6, 6.07) is 0. The standard InChI is InChI=1S/C28H46O6/c1-4-5-13-28(2,3)14-12-22(34-26-11-7-9-16-31-26)27-20(17-23-21(27)18-24(29)33-23)19-32-25-10-6-8-15-30-25/h12,20-21,23,25-27H,4-11,13-19H2,1-3H3/t20-,21-,23+,25?,26?,27-/m0/s1. The Morgan fingerprint density at radius 3 is 2.50 bits per heavy atom. The SMILES string of the molecule is CCCCC(C)(C)CC=C(OC1CCCCO1)[C@H]1[C@H](COC2CCCCO2)C[C@H]2OC(=O)C[C@H]12. The molecular weight excluding hydrogens is 432 g/mol. The maximum Gasteiger partial charge on any atom is 0.306 e. The van der Waals surface area contributed by atoms with Gasteiger partial charge >= 0.3 is 5.97 Å². The lowest BCUT2D eigenvalue weighted by molar-refractivity contribution is -0.175. The summed E-state index contributed by atoms with van der Waals surface area (Å²) < 4.78 is 30.4. The molecule has 1 saturated carbocycles. The van der Waals surface area contributed by atoms with Crippen molar-refractivity contribution in [2.45, 2.75) is 117 Å². The molecule has 0 N–H and O–H groups in total. The molecule has 6 heteroatoms. The van der Waals surface area contributed by atoms with Gasteiger partial charge in [-0.1, -0.05) is 33.6 Å². The molecular formula is C28H46O6. The molecule has 0 spiro atoms. The lowest BCUT2D eigenvalue weighted by atomic mass is 9.81. The van der Waals surface area contributed by atoms with E-state index in [1.807, 2.05) is 0 Å². The fourth-order valence-corrected chi connectivity index (χ4v) is 6.05. The Bertz CT molecular complexity index is 676. The number of fused-ring (bicyclic) bond motifs is 1. The summed E-state index contributed by atoms with van der Waals surface area (Å²) in [4.78, 5) is 12.2. The molecule has 3 saturated heterocycles. The van der Waals surface area contributed by atoms with E-state index in [4.69, 9.17) is 23.7 Å². The lowest BCUT2D eigenvalue weighted by Gasteiger charge is -2.33. The monoisotopic (exact) mass is 478 g/mol. The van der Waals surface area contributed by atoms with Gasteiger partial charge in [0.1, 0.15) is 6.10 Å². The molecule has 1 aliphatic carbocycles. The number of carbonyl (C=O) groups excluding carboxylic acids is 1. The highest BCUT2D eigenvalue weighted by molar-refractivity contribution is 5.72. The highest BCUT2D eigenvalue weighted by Gasteiger charge is 2.52. The van der Waals surface area contributed by atoms with E-state index in [0.29, 0.717) is 13.0 Å². The Hall–Kier alpha value is -1.11. The van der Waals surface area contributed by atoms with Crippen molar-refractivity contribution in [2.24, 2.45) is 23.2 Å². The van der Waals surface area contributed by atoms with Crippen molar-refractivity contribution in [2.75, 3.05) is 19.8 Å². The third-order valence-corrected chi connectivity index (χ3v) is 8.10. The highest BCUT2D eigenvalue weighted by Crippen LogP contribution is 2.49. The van der Waals surface area contributed by atoms with E-state index in [2.05, 4.69) is 26.8 Å². The normalized spacial score (nSPS) is 34.7. The van der Waals surface area contributed by atoms with E-state index in [1.54, 1.807) is 0 Å². The Labute approximate surface area is 206 Å². The van der Waals surface area contributed by atoms with Gasteiger partial charge in [0.25, 0.3) is 0 Å². The van der Waals surface area contributed by atoms with E-state index >= 15 is 0 Å². The van der Waals surface area contributed by atoms with Crippen molar-refractivity contribution < 1.29 is 28.5 Å². The average molecular weight is 479 g/mol. The number of rotatable bonds is 11. The van der Waals surface area contributed by atoms with Gasteiger partial charge in [-0.15, -0.1) is 0 Å². The Morgan fingerprint density at radius 2 is 1.82 bits per heavy atom. The molecule has 194 valence electrons. The molecule has 34 heavy (non-hydrogen) atoms. The molecule has 3 aliphatic heterocycles. The first kappa shape index (κ1) is 26.0. The van der Waals surface area contributed by atoms with Crippen molar-refractivity contribution in [3.8, 4) is 0 Å². The van der Waals surface area contributed by atoms with E-state index in [1.165, 1.54) is 19.3 Å². The second-order valence-electron chi connectivity index (χ2n) is 11.5. The summed E-state index contributed by atoms with van der Waals surface area (Å²) in [5.41, 5.74) is 0.208. The van der Waals surface area contributed by atoms with E-state index in [-0.39, 0.29) is 47.8 Å². The fourth-order valence-electron chi connectivity index (χ4n) is 6.05. The van der Waals surface area contributed by atoms with Gasteiger partial charge in [-0.25, -0.2) is 0 Å². The average Bonchev–Trinajstić information content (AvgIpc) is 3.36. The summed E-state index contributed by atoms with van der Waals surface area (Å²) in [7, 11) is 0. The maximum atomic E-state index is 12.2. The summed E-state index contributed by atoms with van der Waals surface area (Å²) >= 11 is 0. The molecule has 0 radical (unpaired) electrons. The first-order valence-electron chi connectivity index (χ1n) is 13.9. The number of hydrogen-bond acceptors (Lipinski definition) is 6. The molecule has 0 aromatic heterocycles. The summed E-state index contributed by atoms with van der Waals surface area (Å²) in [5, 5.41) is 0. The lowest BCUT2D eigenvalue weighted by Crippen LogP contribution is -2.31. The van der Waals surface area contributed by atoms with Gasteiger partial charge in [-0.2, -0.15) is 0 Å². The Balaban J connectivity index is 1.52. The predicted octanol–water partition coefficient (Wildman–Crippen LogP) is 6.13. The largest absolute Gasteiger partial charge is 0.469 e. The molecule has 4 fully saturated rings. The Kier molecular flexibility index (Phi) is 9.34. The second kappa shape index (κ2) is 12.2. The molecule has 4 aliphatic rings. The van der Waals surface area contributed by atoms with Crippen molar-refractivity contribution in [1.82, 2.24) is 0 Å². The smallest absolute Gasteiger partial charge is 0.306 e. The topological polar surface area (TPSA) is 63.2 Å². The zero-order valence-electron chi connectivity index (χ0n) is 21.6. The number of allylic oxidation sites excluding steroid dienone is 2. The van der Waals surface area contributed by atoms with E-state index in [9.17, 15) is 4.79 Å². The van der Waals surface area contributed by atoms with Crippen LogP contribution in [-0.4, -0.2) is 44.5 Å². The fraction of sp³-hybridized carbons (Fsp3) is 0.893. The quantitative estimate of drug-likeness (QED) is 0.263. The van der Waals surface area contributed by atoms with Crippen molar-refractivity contribution in [3.63, 3.8) is 0 Å². The highest BCUT2D eigenvalue weighted by atomic mass is 16.7. The van der Waals surface area contributed by atoms with Gasteiger partial charge in [0.2, 0.25) is 0 Å². The van der Waals surface area contributed by atoms with Gasteiger partial charge in [0, 0.05) is 24.9 Å². The van der Waals surface area contributed by atoms with Crippen molar-refractivity contribution >= 4 is 5.97 Å². The third kappa shape index (κ3) is 6.98. The van der Waals surface area contributed by atoms with Crippen LogP contribution < -0.4 is 0 Å². The number of hydrogen-bond donors (Lipinski definition) is 0. The van der Waals surface area contributed by atoms with Crippen LogP contribution in [0.25, 0.3) is 0 Å². The third-order valence-electron chi connectivity index (χ3n) is 8.10. The molecule has 0 amide bonds. The first-order chi connectivity index (χ1) is 16.4. The van der Waals surface area contributed by atoms with Crippen LogP contribution in [0.5, 0.6) is 0 Å². The zero-order chi connectivity index (χ0) is 24.0. The number of carbonyl (C=O) groups is 1. The Morgan fingerprint density at radius 1 is 1.09 bits per heavy atom. The van der Waals surface area contributed by atoms with Crippen LogP contribution >= 0.6 is 0 Å². The van der Waals surface area contributed by atoms with Crippen molar-refractivity contribution in [3.05, 3.63) is 11.8 Å². The van der Waals surface area contributed by atoms with Crippen LogP contribution in [0.3, 0.4) is 0 Å². The van der Waals surface area contributed by atoms with Crippen LogP contribution in [0.4, 0.5) is 0 Å². The molecule has 6 atom stereocenters. The van der Waals surface area contributed by atoms with Crippen LogP contribution in [0.1, 0.15) is 97.8 Å². The van der Waals surface area contributed by atoms with Crippen LogP contribution in [0.15, 0.2) is 11.8 Å². The van der Waals surface area contributed by atoms with Crippen LogP contribution in [0.2, 0.25) is 0 Å². The number of unbranched alkanes of at least 4 members (excludes halogenated alkanes) is 1. The van der Waals surface area contributed by atoms with E-state index < -0.39 is 0 Å². The number of ether oxygens (including phenoxy) is 5. The van der Waals surface area contributed by atoms with Gasteiger partial charge in [-0.3, -0.25) is 4.79 Å². The van der Waals surface area contributed by atoms with Gasteiger partial charge in [0.05, 0.1) is 25.4 Å². The minimum absolute atomic E-state index is 0.0363. The van der Waals surface area contributed by atoms with Crippen molar-refractivity contribution in [1.29, 1.82) is 0 Å². The van der Waals surface area contributed by atoms with Gasteiger partial charge < -0.3 is 23.7 Å². The predicted molar refractivity (Wildman–Crippen MR) is 130 cm³/mol. The minimum atomic E-state index is -0.195. The molecule has 3 heterocycles. The summed E-state index contributed by atoms with van der Waals surface area (Å²) in [5.74, 6) is 1.45. The first-order valence-corrected chi connectivity index (χ1v) is 13.9. The molecule has 2 unspecified atom stereocenters. The molecule has 4 rings (SSSR count). The molecule has 0 aromatic rings. The molecule has 6 nitrogen and oxygen atoms in total. The second-order valence-corrected chi connectivity index (χ2v) is 11.5. The zero-order valence-corrected chi connectivity index (χ0v) is 21.6. The van der Waals surface area contributed by atoms with Gasteiger partial charge in [-0.05, 0) is 68.8 Å². The van der Waals surface area contributed by atoms with E-state index in [0.717, 1.165) is 70.3 Å². The maximum absolute atomic E-state index is 12.2.